The highest BCUT2D eigenvalue weighted by Crippen LogP contribution is 2.43. The highest BCUT2D eigenvalue weighted by molar-refractivity contribution is 7.82. The highest BCUT2D eigenvalue weighted by Gasteiger charge is 2.22. The minimum Gasteiger partial charge on any atom is -0.507 e. The zero-order valence-corrected chi connectivity index (χ0v) is 21.0. The van der Waals surface area contributed by atoms with Gasteiger partial charge in [-0.25, -0.2) is 0 Å². The lowest BCUT2D eigenvalue weighted by atomic mass is 9.93. The van der Waals surface area contributed by atoms with Crippen LogP contribution >= 0.6 is 0 Å². The molecule has 0 spiro atoms. The van der Waals surface area contributed by atoms with Crippen LogP contribution in [0.4, 0.5) is 0 Å². The Labute approximate surface area is 221 Å². The summed E-state index contributed by atoms with van der Waals surface area (Å²) in [5, 5.41) is 30.3. The number of benzene rings is 8. The van der Waals surface area contributed by atoms with Crippen molar-refractivity contribution in [3.05, 3.63) is 97.1 Å². The molecule has 0 aliphatic carbocycles. The van der Waals surface area contributed by atoms with E-state index in [0.717, 1.165) is 43.1 Å². The molecule has 8 aromatic carbocycles. The van der Waals surface area contributed by atoms with Gasteiger partial charge >= 0.3 is 10.4 Å². The zero-order chi connectivity index (χ0) is 26.5. The maximum Gasteiger partial charge on any atom is 0.501 e. The molecule has 188 valence electrons. The first-order valence-corrected chi connectivity index (χ1v) is 13.6. The summed E-state index contributed by atoms with van der Waals surface area (Å²) in [5.41, 5.74) is 0. The molecule has 0 unspecified atom stereocenters. The van der Waals surface area contributed by atoms with Crippen LogP contribution in [0.1, 0.15) is 0 Å². The SMILES string of the molecule is O=S(=O)(Oc1ccc2ccc3ccc(O)c4ccc1c2c34)Oc1ccc2ccc3ccc(O)c4ccc1c2c34. The maximum atomic E-state index is 13.3. The Balaban J connectivity index is 1.26. The van der Waals surface area contributed by atoms with Crippen LogP contribution in [0.15, 0.2) is 97.1 Å². The van der Waals surface area contributed by atoms with Gasteiger partial charge in [0.05, 0.1) is 0 Å². The molecule has 0 saturated heterocycles. The Morgan fingerprint density at radius 3 is 1.13 bits per heavy atom. The third-order valence-corrected chi connectivity index (χ3v) is 8.35. The number of rotatable bonds is 4. The van der Waals surface area contributed by atoms with Gasteiger partial charge in [0, 0.05) is 43.1 Å². The molecule has 0 atom stereocenters. The van der Waals surface area contributed by atoms with Crippen molar-refractivity contribution in [1.82, 2.24) is 0 Å². The largest absolute Gasteiger partial charge is 0.507 e. The zero-order valence-electron chi connectivity index (χ0n) is 20.2. The van der Waals surface area contributed by atoms with E-state index in [4.69, 9.17) is 8.37 Å². The summed E-state index contributed by atoms with van der Waals surface area (Å²) in [6.07, 6.45) is 0. The van der Waals surface area contributed by atoms with Gasteiger partial charge in [0.25, 0.3) is 0 Å². The second-order valence-electron chi connectivity index (χ2n) is 9.72. The van der Waals surface area contributed by atoms with Crippen LogP contribution in [0.3, 0.4) is 0 Å². The van der Waals surface area contributed by atoms with Crippen LogP contribution in [0, 0.1) is 0 Å². The van der Waals surface area contributed by atoms with E-state index in [0.29, 0.717) is 21.5 Å². The Bertz CT molecular complexity index is 2210. The monoisotopic (exact) mass is 530 g/mol. The van der Waals surface area contributed by atoms with Crippen LogP contribution < -0.4 is 8.37 Å². The lowest BCUT2D eigenvalue weighted by Gasteiger charge is -2.16. The molecule has 0 heterocycles. The van der Waals surface area contributed by atoms with Gasteiger partial charge in [-0.1, -0.05) is 48.5 Å². The molecule has 0 amide bonds. The summed E-state index contributed by atoms with van der Waals surface area (Å²) in [7, 11) is -4.54. The Kier molecular flexibility index (Phi) is 4.25. The molecule has 0 bridgehead atoms. The van der Waals surface area contributed by atoms with E-state index < -0.39 is 10.4 Å². The lowest BCUT2D eigenvalue weighted by Crippen LogP contribution is -2.17. The third-order valence-electron chi connectivity index (χ3n) is 7.59. The van der Waals surface area contributed by atoms with Crippen LogP contribution in [0.25, 0.3) is 64.6 Å². The standard InChI is InChI=1S/C32H18O6S/c33-25-13-5-17-1-3-19-7-15-27(23-11-9-21(25)29(17)31(19)23)37-39(35,36)38-28-16-8-20-4-2-18-6-14-26(34)22-10-12-24(28)32(20)30(18)22/h1-16,33-34H. The predicted octanol–water partition coefficient (Wildman–Crippen LogP) is 7.60. The average molecular weight is 531 g/mol. The maximum absolute atomic E-state index is 13.3. The summed E-state index contributed by atoms with van der Waals surface area (Å²) in [6.45, 7) is 0. The summed E-state index contributed by atoms with van der Waals surface area (Å²) < 4.78 is 37.6. The number of hydrogen-bond donors (Lipinski definition) is 2. The second-order valence-corrected chi connectivity index (χ2v) is 10.9. The van der Waals surface area contributed by atoms with Crippen molar-refractivity contribution in [2.45, 2.75) is 0 Å². The van der Waals surface area contributed by atoms with Gasteiger partial charge in [-0.3, -0.25) is 0 Å². The van der Waals surface area contributed by atoms with Crippen molar-refractivity contribution < 1.29 is 27.0 Å². The van der Waals surface area contributed by atoms with E-state index in [1.165, 1.54) is 0 Å². The van der Waals surface area contributed by atoms with Crippen LogP contribution in [-0.2, 0) is 10.4 Å². The van der Waals surface area contributed by atoms with Gasteiger partial charge in [0.15, 0.2) is 11.5 Å². The molecule has 6 nitrogen and oxygen atoms in total. The van der Waals surface area contributed by atoms with Crippen molar-refractivity contribution >= 4 is 75.0 Å². The fourth-order valence-electron chi connectivity index (χ4n) is 5.90. The van der Waals surface area contributed by atoms with E-state index in [1.807, 2.05) is 36.4 Å². The topological polar surface area (TPSA) is 93.1 Å². The molecule has 0 aromatic heterocycles. The summed E-state index contributed by atoms with van der Waals surface area (Å²) in [6, 6.07) is 28.6. The van der Waals surface area contributed by atoms with Crippen molar-refractivity contribution in [3.63, 3.8) is 0 Å². The van der Waals surface area contributed by atoms with Crippen LogP contribution in [0.5, 0.6) is 23.0 Å². The molecule has 39 heavy (non-hydrogen) atoms. The normalized spacial score (nSPS) is 12.5. The third kappa shape index (κ3) is 3.11. The molecule has 0 aliphatic heterocycles. The van der Waals surface area contributed by atoms with Gasteiger partial charge in [-0.05, 0) is 70.1 Å². The molecular formula is C32H18O6S. The van der Waals surface area contributed by atoms with Crippen molar-refractivity contribution in [1.29, 1.82) is 0 Å². The van der Waals surface area contributed by atoms with Gasteiger partial charge < -0.3 is 18.6 Å². The number of aromatic hydroxyl groups is 2. The highest BCUT2D eigenvalue weighted by atomic mass is 32.3. The number of phenolic OH excluding ortho intramolecular Hbond substituents is 2. The Hall–Kier alpha value is -5.01. The lowest BCUT2D eigenvalue weighted by molar-refractivity contribution is 0.396. The first-order chi connectivity index (χ1) is 18.9. The summed E-state index contributed by atoms with van der Waals surface area (Å²) >= 11 is 0. The fraction of sp³-hybridized carbons (Fsp3) is 0. The Morgan fingerprint density at radius 2 is 0.718 bits per heavy atom. The van der Waals surface area contributed by atoms with Crippen LogP contribution in [0.2, 0.25) is 0 Å². The van der Waals surface area contributed by atoms with Gasteiger partial charge in [-0.15, -0.1) is 8.42 Å². The summed E-state index contributed by atoms with van der Waals surface area (Å²) in [5.74, 6) is 0.564. The molecule has 7 heteroatoms. The minimum absolute atomic E-state index is 0.128. The molecule has 2 N–H and O–H groups in total. The molecule has 0 fully saturated rings. The van der Waals surface area contributed by atoms with E-state index in [2.05, 4.69) is 0 Å². The van der Waals surface area contributed by atoms with Crippen molar-refractivity contribution in [2.75, 3.05) is 0 Å². The molecule has 0 saturated carbocycles. The first kappa shape index (κ1) is 22.0. The van der Waals surface area contributed by atoms with E-state index in [1.54, 1.807) is 60.7 Å². The van der Waals surface area contributed by atoms with Gasteiger partial charge in [0.1, 0.15) is 11.5 Å². The number of phenols is 2. The molecule has 0 aliphatic rings. The van der Waals surface area contributed by atoms with E-state index in [9.17, 15) is 18.6 Å². The molecular weight excluding hydrogens is 512 g/mol. The van der Waals surface area contributed by atoms with Crippen LogP contribution in [-0.4, -0.2) is 18.6 Å². The minimum atomic E-state index is -4.54. The fourth-order valence-corrected chi connectivity index (χ4v) is 6.66. The smallest absolute Gasteiger partial charge is 0.501 e. The first-order valence-electron chi connectivity index (χ1n) is 12.3. The molecule has 8 aromatic rings. The molecule has 0 radical (unpaired) electrons. The Morgan fingerprint density at radius 1 is 0.410 bits per heavy atom. The van der Waals surface area contributed by atoms with E-state index in [-0.39, 0.29) is 23.0 Å². The average Bonchev–Trinajstić information content (AvgIpc) is 2.94. The molecule has 8 rings (SSSR count). The van der Waals surface area contributed by atoms with E-state index >= 15 is 0 Å². The van der Waals surface area contributed by atoms with Gasteiger partial charge in [0.2, 0.25) is 0 Å². The quantitative estimate of drug-likeness (QED) is 0.228. The van der Waals surface area contributed by atoms with Gasteiger partial charge in [-0.2, -0.15) is 0 Å². The summed E-state index contributed by atoms with van der Waals surface area (Å²) in [4.78, 5) is 0. The second kappa shape index (κ2) is 7.52. The van der Waals surface area contributed by atoms with Crippen molar-refractivity contribution in [3.8, 4) is 23.0 Å². The van der Waals surface area contributed by atoms with Crippen molar-refractivity contribution in [2.24, 2.45) is 0 Å². The predicted molar refractivity (Wildman–Crippen MR) is 154 cm³/mol. The number of hydrogen-bond acceptors (Lipinski definition) is 6.